The van der Waals surface area contributed by atoms with Gasteiger partial charge in [0.15, 0.2) is 0 Å². The van der Waals surface area contributed by atoms with Crippen molar-refractivity contribution in [2.75, 3.05) is 13.2 Å². The molecule has 0 radical (unpaired) electrons. The van der Waals surface area contributed by atoms with Crippen LogP contribution in [0, 0.1) is 0 Å². The lowest BCUT2D eigenvalue weighted by molar-refractivity contribution is 0.184. The number of hydrogen-bond acceptors (Lipinski definition) is 3. The van der Waals surface area contributed by atoms with Crippen molar-refractivity contribution in [2.45, 2.75) is 24.8 Å². The van der Waals surface area contributed by atoms with Gasteiger partial charge in [-0.25, -0.2) is 4.39 Å². The van der Waals surface area contributed by atoms with E-state index in [4.69, 9.17) is 0 Å². The second-order valence-electron chi connectivity index (χ2n) is 2.85. The SMILES string of the molecule is FC1CCNC2NCNC12. The summed E-state index contributed by atoms with van der Waals surface area (Å²) in [5, 5.41) is 9.38. The van der Waals surface area contributed by atoms with Crippen LogP contribution in [0.1, 0.15) is 6.42 Å². The first-order chi connectivity index (χ1) is 4.88. The zero-order valence-corrected chi connectivity index (χ0v) is 5.73. The molecule has 0 aliphatic carbocycles. The number of piperidine rings is 1. The molecule has 0 aromatic heterocycles. The van der Waals surface area contributed by atoms with Crippen LogP contribution in [0.4, 0.5) is 4.39 Å². The molecule has 0 aromatic rings. The number of hydrogen-bond donors (Lipinski definition) is 3. The summed E-state index contributed by atoms with van der Waals surface area (Å²) in [5.74, 6) is 0. The summed E-state index contributed by atoms with van der Waals surface area (Å²) in [6.07, 6.45) is 0.112. The van der Waals surface area contributed by atoms with Crippen LogP contribution in [-0.2, 0) is 0 Å². The fourth-order valence-electron chi connectivity index (χ4n) is 1.62. The second kappa shape index (κ2) is 2.45. The smallest absolute Gasteiger partial charge is 0.119 e. The lowest BCUT2D eigenvalue weighted by Crippen LogP contribution is -2.55. The van der Waals surface area contributed by atoms with E-state index >= 15 is 0 Å². The standard InChI is InChI=1S/C6H12FN3/c7-4-1-2-8-6-5(4)9-3-10-6/h4-6,8-10H,1-3H2. The number of alkyl halides is 1. The lowest BCUT2D eigenvalue weighted by atomic mass is 10.0. The quantitative estimate of drug-likeness (QED) is 0.416. The summed E-state index contributed by atoms with van der Waals surface area (Å²) in [6.45, 7) is 1.51. The van der Waals surface area contributed by atoms with Gasteiger partial charge in [-0.1, -0.05) is 0 Å². The van der Waals surface area contributed by atoms with Gasteiger partial charge in [-0.2, -0.15) is 0 Å². The van der Waals surface area contributed by atoms with E-state index in [1.807, 2.05) is 0 Å². The van der Waals surface area contributed by atoms with Crippen molar-refractivity contribution in [3.05, 3.63) is 0 Å². The molecule has 3 unspecified atom stereocenters. The molecule has 3 atom stereocenters. The van der Waals surface area contributed by atoms with Gasteiger partial charge in [-0.15, -0.1) is 0 Å². The van der Waals surface area contributed by atoms with Gasteiger partial charge in [0.2, 0.25) is 0 Å². The van der Waals surface area contributed by atoms with Crippen LogP contribution in [0.2, 0.25) is 0 Å². The van der Waals surface area contributed by atoms with Crippen molar-refractivity contribution in [3.8, 4) is 0 Å². The predicted octanol–water partition coefficient (Wildman–Crippen LogP) is -0.837. The molecule has 3 N–H and O–H groups in total. The van der Waals surface area contributed by atoms with Gasteiger partial charge in [0.1, 0.15) is 6.17 Å². The molecule has 2 fully saturated rings. The first-order valence-electron chi connectivity index (χ1n) is 3.72. The molecule has 2 rings (SSSR count). The molecule has 2 aliphatic rings. The maximum absolute atomic E-state index is 13.0. The van der Waals surface area contributed by atoms with Crippen molar-refractivity contribution < 1.29 is 4.39 Å². The summed E-state index contributed by atoms with van der Waals surface area (Å²) in [6, 6.07) is -0.00579. The molecule has 2 heterocycles. The molecule has 2 aliphatic heterocycles. The minimum absolute atomic E-state index is 0.00579. The number of rotatable bonds is 0. The first kappa shape index (κ1) is 6.52. The Bertz CT molecular complexity index is 130. The topological polar surface area (TPSA) is 36.1 Å². The first-order valence-corrected chi connectivity index (χ1v) is 3.72. The molecule has 0 aromatic carbocycles. The predicted molar refractivity (Wildman–Crippen MR) is 36.2 cm³/mol. The zero-order valence-electron chi connectivity index (χ0n) is 5.73. The number of nitrogens with one attached hydrogen (secondary N) is 3. The van der Waals surface area contributed by atoms with Crippen molar-refractivity contribution in [3.63, 3.8) is 0 Å². The van der Waals surface area contributed by atoms with E-state index in [-0.39, 0.29) is 12.2 Å². The Labute approximate surface area is 59.4 Å². The van der Waals surface area contributed by atoms with E-state index in [1.165, 1.54) is 0 Å². The van der Waals surface area contributed by atoms with Crippen molar-refractivity contribution in [1.29, 1.82) is 0 Å². The van der Waals surface area contributed by atoms with Crippen molar-refractivity contribution in [1.82, 2.24) is 16.0 Å². The van der Waals surface area contributed by atoms with Crippen LogP contribution in [0.15, 0.2) is 0 Å². The molecular formula is C6H12FN3. The molecule has 10 heavy (non-hydrogen) atoms. The van der Waals surface area contributed by atoms with E-state index in [9.17, 15) is 4.39 Å². The molecular weight excluding hydrogens is 133 g/mol. The van der Waals surface area contributed by atoms with Crippen LogP contribution >= 0.6 is 0 Å². The van der Waals surface area contributed by atoms with Gasteiger partial charge >= 0.3 is 0 Å². The van der Waals surface area contributed by atoms with Crippen molar-refractivity contribution in [2.24, 2.45) is 0 Å². The highest BCUT2D eigenvalue weighted by Crippen LogP contribution is 2.13. The van der Waals surface area contributed by atoms with E-state index in [1.54, 1.807) is 0 Å². The Balaban J connectivity index is 2.03. The van der Waals surface area contributed by atoms with Gasteiger partial charge in [-0.05, 0) is 13.0 Å². The number of fused-ring (bicyclic) bond motifs is 1. The molecule has 4 heteroatoms. The summed E-state index contributed by atoms with van der Waals surface area (Å²) in [5.41, 5.74) is 0. The summed E-state index contributed by atoms with van der Waals surface area (Å²) < 4.78 is 13.0. The van der Waals surface area contributed by atoms with E-state index in [2.05, 4.69) is 16.0 Å². The van der Waals surface area contributed by atoms with Gasteiger partial charge < -0.3 is 5.32 Å². The Morgan fingerprint density at radius 1 is 1.20 bits per heavy atom. The normalized spacial score (nSPS) is 47.1. The van der Waals surface area contributed by atoms with E-state index in [0.29, 0.717) is 6.42 Å². The lowest BCUT2D eigenvalue weighted by Gasteiger charge is -2.28. The van der Waals surface area contributed by atoms with Gasteiger partial charge in [0, 0.05) is 6.67 Å². The third-order valence-electron chi connectivity index (χ3n) is 2.19. The summed E-state index contributed by atoms with van der Waals surface area (Å²) >= 11 is 0. The molecule has 0 amide bonds. The minimum Gasteiger partial charge on any atom is -0.300 e. The van der Waals surface area contributed by atoms with Crippen LogP contribution in [0.25, 0.3) is 0 Å². The van der Waals surface area contributed by atoms with Gasteiger partial charge in [0.05, 0.1) is 12.2 Å². The van der Waals surface area contributed by atoms with Crippen molar-refractivity contribution >= 4 is 0 Å². The zero-order chi connectivity index (χ0) is 6.97. The Hall–Kier alpha value is -0.190. The largest absolute Gasteiger partial charge is 0.300 e. The minimum atomic E-state index is -0.679. The molecule has 0 bridgehead atoms. The van der Waals surface area contributed by atoms with Crippen LogP contribution in [-0.4, -0.2) is 31.6 Å². The molecule has 58 valence electrons. The third kappa shape index (κ3) is 0.923. The number of halogens is 1. The van der Waals surface area contributed by atoms with Gasteiger partial charge in [0.25, 0.3) is 0 Å². The average molecular weight is 145 g/mol. The highest BCUT2D eigenvalue weighted by atomic mass is 19.1. The molecule has 0 saturated carbocycles. The monoisotopic (exact) mass is 145 g/mol. The highest BCUT2D eigenvalue weighted by molar-refractivity contribution is 4.94. The Kier molecular flexibility index (Phi) is 1.60. The molecule has 3 nitrogen and oxygen atoms in total. The highest BCUT2D eigenvalue weighted by Gasteiger charge is 2.35. The second-order valence-corrected chi connectivity index (χ2v) is 2.85. The Morgan fingerprint density at radius 3 is 2.90 bits per heavy atom. The fraction of sp³-hybridized carbons (Fsp3) is 1.00. The van der Waals surface area contributed by atoms with E-state index < -0.39 is 6.17 Å². The summed E-state index contributed by atoms with van der Waals surface area (Å²) in [7, 11) is 0. The molecule has 0 spiro atoms. The van der Waals surface area contributed by atoms with Crippen LogP contribution in [0.3, 0.4) is 0 Å². The maximum atomic E-state index is 13.0. The van der Waals surface area contributed by atoms with E-state index in [0.717, 1.165) is 13.2 Å². The fourth-order valence-corrected chi connectivity index (χ4v) is 1.62. The Morgan fingerprint density at radius 2 is 2.10 bits per heavy atom. The van der Waals surface area contributed by atoms with Crippen LogP contribution < -0.4 is 16.0 Å². The summed E-state index contributed by atoms with van der Waals surface area (Å²) in [4.78, 5) is 0. The average Bonchev–Trinajstić information content (AvgIpc) is 2.36. The maximum Gasteiger partial charge on any atom is 0.119 e. The van der Waals surface area contributed by atoms with Crippen LogP contribution in [0.5, 0.6) is 0 Å². The third-order valence-corrected chi connectivity index (χ3v) is 2.19. The van der Waals surface area contributed by atoms with Gasteiger partial charge in [-0.3, -0.25) is 10.6 Å². The molecule has 2 saturated heterocycles.